The van der Waals surface area contributed by atoms with E-state index in [9.17, 15) is 4.79 Å². The SMILES string of the molecule is CCCC(Nc1nc(CCOC)ns1)C(=O)O. The molecule has 1 aromatic heterocycles. The predicted octanol–water partition coefficient (Wildman–Crippen LogP) is 1.39. The third-order valence-corrected chi connectivity index (χ3v) is 2.86. The molecular formula is C10H17N3O3S. The molecule has 1 rings (SSSR count). The van der Waals surface area contributed by atoms with Crippen LogP contribution in [0, 0.1) is 0 Å². The zero-order valence-electron chi connectivity index (χ0n) is 9.97. The number of carboxylic acids is 1. The molecule has 1 aromatic rings. The lowest BCUT2D eigenvalue weighted by molar-refractivity contribution is -0.138. The van der Waals surface area contributed by atoms with E-state index in [1.54, 1.807) is 7.11 Å². The molecule has 0 aliphatic heterocycles. The number of ether oxygens (including phenoxy) is 1. The second-order valence-corrected chi connectivity index (χ2v) is 4.33. The van der Waals surface area contributed by atoms with Gasteiger partial charge in [-0.05, 0) is 6.42 Å². The van der Waals surface area contributed by atoms with Crippen molar-refractivity contribution in [3.05, 3.63) is 5.82 Å². The van der Waals surface area contributed by atoms with Gasteiger partial charge in [-0.25, -0.2) is 9.78 Å². The van der Waals surface area contributed by atoms with Crippen molar-refractivity contribution < 1.29 is 14.6 Å². The molecule has 0 bridgehead atoms. The van der Waals surface area contributed by atoms with Crippen molar-refractivity contribution in [2.45, 2.75) is 32.2 Å². The summed E-state index contributed by atoms with van der Waals surface area (Å²) in [6.45, 7) is 2.51. The molecule has 96 valence electrons. The Kier molecular flexibility index (Phi) is 5.85. The van der Waals surface area contributed by atoms with Gasteiger partial charge in [-0.15, -0.1) is 0 Å². The molecule has 0 radical (unpaired) electrons. The summed E-state index contributed by atoms with van der Waals surface area (Å²) in [5, 5.41) is 12.4. The van der Waals surface area contributed by atoms with Crippen LogP contribution in [-0.4, -0.2) is 40.2 Å². The molecule has 0 aromatic carbocycles. The molecule has 0 saturated carbocycles. The van der Waals surface area contributed by atoms with Crippen molar-refractivity contribution in [2.75, 3.05) is 19.0 Å². The number of carboxylic acid groups (broad SMARTS) is 1. The van der Waals surface area contributed by atoms with Gasteiger partial charge in [0.2, 0.25) is 5.13 Å². The third-order valence-electron chi connectivity index (χ3n) is 2.17. The number of nitrogens with zero attached hydrogens (tertiary/aromatic N) is 2. The van der Waals surface area contributed by atoms with E-state index in [0.29, 0.717) is 30.4 Å². The summed E-state index contributed by atoms with van der Waals surface area (Å²) in [5.74, 6) is -0.180. The molecule has 0 saturated heterocycles. The standard InChI is InChI=1S/C10H17N3O3S/c1-3-4-7(9(14)15)11-10-12-8(13-17-10)5-6-16-2/h7H,3-6H2,1-2H3,(H,14,15)(H,11,12,13). The van der Waals surface area contributed by atoms with E-state index in [0.717, 1.165) is 6.42 Å². The van der Waals surface area contributed by atoms with Crippen LogP contribution in [0.2, 0.25) is 0 Å². The fraction of sp³-hybridized carbons (Fsp3) is 0.700. The van der Waals surface area contributed by atoms with Crippen LogP contribution < -0.4 is 5.32 Å². The van der Waals surface area contributed by atoms with Crippen LogP contribution in [0.4, 0.5) is 5.13 Å². The summed E-state index contributed by atoms with van der Waals surface area (Å²) in [5.41, 5.74) is 0. The van der Waals surface area contributed by atoms with Gasteiger partial charge in [0.15, 0.2) is 0 Å². The van der Waals surface area contributed by atoms with Crippen LogP contribution in [0.1, 0.15) is 25.6 Å². The minimum absolute atomic E-state index is 0.553. The first-order valence-corrected chi connectivity index (χ1v) is 6.25. The molecule has 1 heterocycles. The smallest absolute Gasteiger partial charge is 0.326 e. The lowest BCUT2D eigenvalue weighted by Gasteiger charge is -2.11. The molecule has 1 atom stereocenters. The van der Waals surface area contributed by atoms with Crippen LogP contribution >= 0.6 is 11.5 Å². The maximum atomic E-state index is 10.9. The topological polar surface area (TPSA) is 84.3 Å². The molecule has 0 spiro atoms. The van der Waals surface area contributed by atoms with Crippen LogP contribution in [-0.2, 0) is 16.0 Å². The van der Waals surface area contributed by atoms with E-state index < -0.39 is 12.0 Å². The van der Waals surface area contributed by atoms with E-state index in [-0.39, 0.29) is 0 Å². The summed E-state index contributed by atoms with van der Waals surface area (Å²) >= 11 is 1.18. The van der Waals surface area contributed by atoms with Crippen molar-refractivity contribution in [3.8, 4) is 0 Å². The number of nitrogens with one attached hydrogen (secondary N) is 1. The lowest BCUT2D eigenvalue weighted by Crippen LogP contribution is -2.28. The monoisotopic (exact) mass is 259 g/mol. The van der Waals surface area contributed by atoms with Gasteiger partial charge in [-0.3, -0.25) is 0 Å². The van der Waals surface area contributed by atoms with Crippen molar-refractivity contribution in [1.29, 1.82) is 0 Å². The normalized spacial score (nSPS) is 12.4. The average Bonchev–Trinajstić information content (AvgIpc) is 2.73. The Labute approximate surface area is 104 Å². The first kappa shape index (κ1) is 13.9. The van der Waals surface area contributed by atoms with Gasteiger partial charge in [-0.2, -0.15) is 4.37 Å². The molecule has 6 nitrogen and oxygen atoms in total. The first-order chi connectivity index (χ1) is 8.17. The zero-order valence-corrected chi connectivity index (χ0v) is 10.8. The highest BCUT2D eigenvalue weighted by Crippen LogP contribution is 2.14. The Morgan fingerprint density at radius 3 is 3.00 bits per heavy atom. The van der Waals surface area contributed by atoms with Crippen LogP contribution in [0.3, 0.4) is 0 Å². The summed E-state index contributed by atoms with van der Waals surface area (Å²) < 4.78 is 9.04. The van der Waals surface area contributed by atoms with Gasteiger partial charge in [0.05, 0.1) is 6.61 Å². The quantitative estimate of drug-likeness (QED) is 0.734. The molecule has 17 heavy (non-hydrogen) atoms. The number of carbonyl (C=O) groups is 1. The fourth-order valence-electron chi connectivity index (χ4n) is 1.30. The van der Waals surface area contributed by atoms with Crippen molar-refractivity contribution >= 4 is 22.6 Å². The minimum atomic E-state index is -0.861. The predicted molar refractivity (Wildman–Crippen MR) is 65.4 cm³/mol. The lowest BCUT2D eigenvalue weighted by atomic mass is 10.2. The molecular weight excluding hydrogens is 242 g/mol. The molecule has 1 unspecified atom stereocenters. The number of anilines is 1. The van der Waals surface area contributed by atoms with Crippen molar-refractivity contribution in [1.82, 2.24) is 9.36 Å². The Bertz CT molecular complexity index is 356. The highest BCUT2D eigenvalue weighted by atomic mass is 32.1. The summed E-state index contributed by atoms with van der Waals surface area (Å²) in [6.07, 6.45) is 2.02. The highest BCUT2D eigenvalue weighted by Gasteiger charge is 2.17. The zero-order chi connectivity index (χ0) is 12.7. The van der Waals surface area contributed by atoms with Gasteiger partial charge in [0.25, 0.3) is 0 Å². The Morgan fingerprint density at radius 1 is 1.65 bits per heavy atom. The van der Waals surface area contributed by atoms with E-state index in [1.807, 2.05) is 6.92 Å². The average molecular weight is 259 g/mol. The Balaban J connectivity index is 2.54. The largest absolute Gasteiger partial charge is 0.480 e. The molecule has 0 amide bonds. The highest BCUT2D eigenvalue weighted by molar-refractivity contribution is 7.09. The summed E-state index contributed by atoms with van der Waals surface area (Å²) in [4.78, 5) is 15.2. The summed E-state index contributed by atoms with van der Waals surface area (Å²) in [7, 11) is 1.62. The first-order valence-electron chi connectivity index (χ1n) is 5.48. The van der Waals surface area contributed by atoms with Gasteiger partial charge in [0.1, 0.15) is 11.9 Å². The molecule has 2 N–H and O–H groups in total. The number of methoxy groups -OCH3 is 1. The second kappa shape index (κ2) is 7.18. The maximum Gasteiger partial charge on any atom is 0.326 e. The van der Waals surface area contributed by atoms with Crippen LogP contribution in [0.5, 0.6) is 0 Å². The van der Waals surface area contributed by atoms with Crippen LogP contribution in [0.15, 0.2) is 0 Å². The second-order valence-electron chi connectivity index (χ2n) is 3.58. The van der Waals surface area contributed by atoms with Gasteiger partial charge >= 0.3 is 5.97 Å². The van der Waals surface area contributed by atoms with E-state index in [4.69, 9.17) is 9.84 Å². The number of aliphatic carboxylic acids is 1. The number of hydrogen-bond donors (Lipinski definition) is 2. The van der Waals surface area contributed by atoms with Crippen LogP contribution in [0.25, 0.3) is 0 Å². The number of hydrogen-bond acceptors (Lipinski definition) is 6. The van der Waals surface area contributed by atoms with E-state index >= 15 is 0 Å². The van der Waals surface area contributed by atoms with E-state index in [2.05, 4.69) is 14.7 Å². The van der Waals surface area contributed by atoms with Crippen molar-refractivity contribution in [2.24, 2.45) is 0 Å². The Hall–Kier alpha value is -1.21. The summed E-state index contributed by atoms with van der Waals surface area (Å²) in [6, 6.07) is -0.594. The molecule has 0 fully saturated rings. The number of rotatable bonds is 8. The molecule has 0 aliphatic carbocycles. The molecule has 7 heteroatoms. The maximum absolute atomic E-state index is 10.9. The third kappa shape index (κ3) is 4.66. The number of aromatic nitrogens is 2. The molecule has 0 aliphatic rings. The fourth-order valence-corrected chi connectivity index (χ4v) is 1.97. The minimum Gasteiger partial charge on any atom is -0.480 e. The van der Waals surface area contributed by atoms with Gasteiger partial charge in [0, 0.05) is 25.1 Å². The van der Waals surface area contributed by atoms with Crippen molar-refractivity contribution in [3.63, 3.8) is 0 Å². The van der Waals surface area contributed by atoms with E-state index in [1.165, 1.54) is 11.5 Å². The van der Waals surface area contributed by atoms with Gasteiger partial charge in [-0.1, -0.05) is 13.3 Å². The Morgan fingerprint density at radius 2 is 2.41 bits per heavy atom. The van der Waals surface area contributed by atoms with Gasteiger partial charge < -0.3 is 15.2 Å².